The molecule has 0 aliphatic rings. The summed E-state index contributed by atoms with van der Waals surface area (Å²) in [6.45, 7) is 7.64. The molecule has 0 spiro atoms. The Kier molecular flexibility index (Phi) is 4.03. The molecule has 4 nitrogen and oxygen atoms in total. The summed E-state index contributed by atoms with van der Waals surface area (Å²) < 4.78 is 0. The Morgan fingerprint density at radius 1 is 1.50 bits per heavy atom. The van der Waals surface area contributed by atoms with Crippen LogP contribution in [0.3, 0.4) is 0 Å². The summed E-state index contributed by atoms with van der Waals surface area (Å²) in [6.07, 6.45) is -0.660. The summed E-state index contributed by atoms with van der Waals surface area (Å²) in [6, 6.07) is 0. The fraction of sp³-hybridized carbons (Fsp3) is 0.875. The van der Waals surface area contributed by atoms with Gasteiger partial charge >= 0.3 is 6.16 Å². The van der Waals surface area contributed by atoms with Crippen molar-refractivity contribution in [1.29, 1.82) is 0 Å². The van der Waals surface area contributed by atoms with E-state index in [0.717, 1.165) is 6.42 Å². The molecule has 0 aromatic carbocycles. The summed E-state index contributed by atoms with van der Waals surface area (Å²) in [5, 5.41) is 8.16. The smallest absolute Gasteiger partial charge is 0.448 e. The summed E-state index contributed by atoms with van der Waals surface area (Å²) in [5.74, 6) is 0.442. The van der Waals surface area contributed by atoms with E-state index in [1.807, 2.05) is 13.8 Å². The van der Waals surface area contributed by atoms with Gasteiger partial charge in [-0.3, -0.25) is 4.89 Å². The SMILES string of the molecule is CC(C)CC(C)(C)OOC(=O)O. The minimum Gasteiger partial charge on any atom is -0.448 e. The number of hydrogen-bond donors (Lipinski definition) is 1. The maximum atomic E-state index is 9.98. The largest absolute Gasteiger partial charge is 0.537 e. The predicted octanol–water partition coefficient (Wildman–Crippen LogP) is 2.44. The minimum absolute atomic E-state index is 0.442. The molecule has 0 aliphatic heterocycles. The van der Waals surface area contributed by atoms with Crippen LogP contribution in [0.1, 0.15) is 34.1 Å². The third-order valence-electron chi connectivity index (χ3n) is 1.24. The average molecular weight is 176 g/mol. The second-order valence-corrected chi connectivity index (χ2v) is 3.79. The second kappa shape index (κ2) is 4.30. The van der Waals surface area contributed by atoms with Crippen molar-refractivity contribution in [3.8, 4) is 0 Å². The molecular formula is C8H16O4. The minimum atomic E-state index is -1.41. The fourth-order valence-corrected chi connectivity index (χ4v) is 1.17. The van der Waals surface area contributed by atoms with Crippen LogP contribution < -0.4 is 0 Å². The molecule has 0 unspecified atom stereocenters. The van der Waals surface area contributed by atoms with Crippen LogP contribution >= 0.6 is 0 Å². The molecule has 0 heterocycles. The van der Waals surface area contributed by atoms with E-state index in [9.17, 15) is 4.79 Å². The third-order valence-corrected chi connectivity index (χ3v) is 1.24. The summed E-state index contributed by atoms with van der Waals surface area (Å²) in [4.78, 5) is 18.7. The first-order valence-corrected chi connectivity index (χ1v) is 3.92. The zero-order valence-corrected chi connectivity index (χ0v) is 7.96. The Labute approximate surface area is 72.4 Å². The topological polar surface area (TPSA) is 55.8 Å². The molecule has 12 heavy (non-hydrogen) atoms. The van der Waals surface area contributed by atoms with Gasteiger partial charge in [0.1, 0.15) is 5.60 Å². The number of rotatable bonds is 4. The van der Waals surface area contributed by atoms with E-state index in [-0.39, 0.29) is 0 Å². The van der Waals surface area contributed by atoms with E-state index >= 15 is 0 Å². The maximum absolute atomic E-state index is 9.98. The lowest BCUT2D eigenvalue weighted by Gasteiger charge is -2.23. The second-order valence-electron chi connectivity index (χ2n) is 3.79. The molecule has 0 aromatic rings. The van der Waals surface area contributed by atoms with Gasteiger partial charge in [0.15, 0.2) is 0 Å². The lowest BCUT2D eigenvalue weighted by molar-refractivity contribution is -0.318. The molecule has 0 aromatic heterocycles. The summed E-state index contributed by atoms with van der Waals surface area (Å²) >= 11 is 0. The first-order valence-electron chi connectivity index (χ1n) is 3.92. The molecule has 72 valence electrons. The van der Waals surface area contributed by atoms with E-state index in [1.165, 1.54) is 0 Å². The Balaban J connectivity index is 3.78. The highest BCUT2D eigenvalue weighted by Gasteiger charge is 2.23. The Morgan fingerprint density at radius 2 is 2.00 bits per heavy atom. The van der Waals surface area contributed by atoms with Crippen LogP contribution in [-0.4, -0.2) is 16.9 Å². The molecule has 0 atom stereocenters. The fourth-order valence-electron chi connectivity index (χ4n) is 1.17. The quantitative estimate of drug-likeness (QED) is 0.528. The molecule has 0 radical (unpaired) electrons. The first kappa shape index (κ1) is 11.2. The summed E-state index contributed by atoms with van der Waals surface area (Å²) in [5.41, 5.74) is -0.549. The van der Waals surface area contributed by atoms with Gasteiger partial charge in [-0.1, -0.05) is 13.8 Å². The van der Waals surface area contributed by atoms with E-state index in [0.29, 0.717) is 5.92 Å². The highest BCUT2D eigenvalue weighted by atomic mass is 17.2. The van der Waals surface area contributed by atoms with E-state index in [4.69, 9.17) is 9.99 Å². The number of hydrogen-bond acceptors (Lipinski definition) is 3. The van der Waals surface area contributed by atoms with Crippen molar-refractivity contribution in [3.63, 3.8) is 0 Å². The number of carbonyl (C=O) groups is 1. The van der Waals surface area contributed by atoms with Crippen molar-refractivity contribution in [3.05, 3.63) is 0 Å². The summed E-state index contributed by atoms with van der Waals surface area (Å²) in [7, 11) is 0. The van der Waals surface area contributed by atoms with Gasteiger partial charge in [0, 0.05) is 0 Å². The van der Waals surface area contributed by atoms with E-state index < -0.39 is 11.8 Å². The Bertz CT molecular complexity index is 151. The van der Waals surface area contributed by atoms with Crippen LogP contribution in [0.2, 0.25) is 0 Å². The standard InChI is InChI=1S/C8H16O4/c1-6(2)5-8(3,4)12-11-7(9)10/h6H,5H2,1-4H3,(H,9,10). The lowest BCUT2D eigenvalue weighted by Crippen LogP contribution is -2.27. The molecule has 0 aliphatic carbocycles. The first-order chi connectivity index (χ1) is 5.33. The van der Waals surface area contributed by atoms with Crippen molar-refractivity contribution < 1.29 is 19.7 Å². The molecular weight excluding hydrogens is 160 g/mol. The van der Waals surface area contributed by atoms with Gasteiger partial charge in [-0.15, -0.1) is 0 Å². The van der Waals surface area contributed by atoms with E-state index in [2.05, 4.69) is 4.89 Å². The Hall–Kier alpha value is -0.770. The van der Waals surface area contributed by atoms with Gasteiger partial charge in [0.2, 0.25) is 0 Å². The van der Waals surface area contributed by atoms with Crippen molar-refractivity contribution in [1.82, 2.24) is 0 Å². The van der Waals surface area contributed by atoms with Gasteiger partial charge in [0.25, 0.3) is 0 Å². The number of carboxylic acid groups (broad SMARTS) is 1. The predicted molar refractivity (Wildman–Crippen MR) is 43.7 cm³/mol. The van der Waals surface area contributed by atoms with Crippen molar-refractivity contribution in [2.45, 2.75) is 39.7 Å². The third kappa shape index (κ3) is 5.97. The van der Waals surface area contributed by atoms with Gasteiger partial charge in [0.05, 0.1) is 0 Å². The van der Waals surface area contributed by atoms with Crippen molar-refractivity contribution in [2.75, 3.05) is 0 Å². The molecule has 0 fully saturated rings. The molecule has 0 saturated heterocycles. The molecule has 0 bridgehead atoms. The normalized spacial score (nSPS) is 11.8. The average Bonchev–Trinajstić information content (AvgIpc) is 1.81. The molecule has 0 saturated carbocycles. The highest BCUT2D eigenvalue weighted by Crippen LogP contribution is 2.20. The van der Waals surface area contributed by atoms with Gasteiger partial charge in [-0.25, -0.2) is 4.79 Å². The van der Waals surface area contributed by atoms with Crippen LogP contribution in [0.5, 0.6) is 0 Å². The van der Waals surface area contributed by atoms with Crippen LogP contribution in [0.4, 0.5) is 4.79 Å². The zero-order chi connectivity index (χ0) is 9.78. The zero-order valence-electron chi connectivity index (χ0n) is 7.96. The van der Waals surface area contributed by atoms with Crippen LogP contribution in [0.15, 0.2) is 0 Å². The molecule has 1 N–H and O–H groups in total. The van der Waals surface area contributed by atoms with Gasteiger partial charge in [-0.05, 0) is 26.2 Å². The van der Waals surface area contributed by atoms with Crippen LogP contribution in [0.25, 0.3) is 0 Å². The monoisotopic (exact) mass is 176 g/mol. The maximum Gasteiger partial charge on any atom is 0.537 e. The van der Waals surface area contributed by atoms with Crippen LogP contribution in [-0.2, 0) is 9.78 Å². The highest BCUT2D eigenvalue weighted by molar-refractivity contribution is 5.55. The molecule has 0 rings (SSSR count). The van der Waals surface area contributed by atoms with Gasteiger partial charge in [-0.2, -0.15) is 4.89 Å². The van der Waals surface area contributed by atoms with Crippen molar-refractivity contribution in [2.24, 2.45) is 5.92 Å². The van der Waals surface area contributed by atoms with Gasteiger partial charge < -0.3 is 5.11 Å². The molecule has 4 heteroatoms. The lowest BCUT2D eigenvalue weighted by atomic mass is 9.97. The molecule has 0 amide bonds. The van der Waals surface area contributed by atoms with Crippen LogP contribution in [0, 0.1) is 5.92 Å². The van der Waals surface area contributed by atoms with E-state index in [1.54, 1.807) is 13.8 Å². The Morgan fingerprint density at radius 3 is 2.33 bits per heavy atom. The van der Waals surface area contributed by atoms with Crippen molar-refractivity contribution >= 4 is 6.16 Å².